The van der Waals surface area contributed by atoms with Gasteiger partial charge in [-0.05, 0) is 55.2 Å². The van der Waals surface area contributed by atoms with Gasteiger partial charge in [-0.15, -0.1) is 5.10 Å². The van der Waals surface area contributed by atoms with Crippen molar-refractivity contribution in [3.05, 3.63) is 65.1 Å². The van der Waals surface area contributed by atoms with E-state index in [1.54, 1.807) is 33.8 Å². The zero-order chi connectivity index (χ0) is 17.9. The van der Waals surface area contributed by atoms with Gasteiger partial charge in [0.15, 0.2) is 5.82 Å². The van der Waals surface area contributed by atoms with Gasteiger partial charge in [-0.25, -0.2) is 18.4 Å². The molecular formula is C20H21FN4O. The van der Waals surface area contributed by atoms with E-state index in [-0.39, 0.29) is 11.5 Å². The molecule has 0 bridgehead atoms. The quantitative estimate of drug-likeness (QED) is 0.717. The standard InChI is InChI=1S/C20H21FN4O/c21-17-6-8-18(9-7-17)25-19(16-10-12-22-13-11-16)23-24(20(25)26)14-15-4-2-1-3-5-15/h6-13,15H,1-5,14H2. The average molecular weight is 352 g/mol. The maximum absolute atomic E-state index is 13.3. The minimum absolute atomic E-state index is 0.186. The SMILES string of the molecule is O=c1n(CC2CCCCC2)nc(-c2ccncc2)n1-c1ccc(F)cc1. The zero-order valence-electron chi connectivity index (χ0n) is 14.5. The van der Waals surface area contributed by atoms with Crippen LogP contribution in [0.25, 0.3) is 17.1 Å². The van der Waals surface area contributed by atoms with Crippen LogP contribution in [0.2, 0.25) is 0 Å². The second-order valence-corrected chi connectivity index (χ2v) is 6.84. The van der Waals surface area contributed by atoms with Crippen molar-refractivity contribution < 1.29 is 4.39 Å². The Bertz CT molecular complexity index is 925. The van der Waals surface area contributed by atoms with Crippen LogP contribution in [-0.2, 0) is 6.54 Å². The molecule has 1 aromatic carbocycles. The summed E-state index contributed by atoms with van der Waals surface area (Å²) in [6, 6.07) is 9.58. The summed E-state index contributed by atoms with van der Waals surface area (Å²) in [6.07, 6.45) is 9.34. The van der Waals surface area contributed by atoms with E-state index in [9.17, 15) is 9.18 Å². The first-order valence-corrected chi connectivity index (χ1v) is 9.08. The lowest BCUT2D eigenvalue weighted by molar-refractivity contribution is 0.304. The maximum atomic E-state index is 13.3. The largest absolute Gasteiger partial charge is 0.350 e. The van der Waals surface area contributed by atoms with Crippen LogP contribution in [0, 0.1) is 11.7 Å². The first kappa shape index (κ1) is 16.7. The number of aromatic nitrogens is 4. The van der Waals surface area contributed by atoms with Gasteiger partial charge in [0.2, 0.25) is 0 Å². The third kappa shape index (κ3) is 3.31. The predicted molar refractivity (Wildman–Crippen MR) is 97.6 cm³/mol. The van der Waals surface area contributed by atoms with Gasteiger partial charge in [0, 0.05) is 24.5 Å². The van der Waals surface area contributed by atoms with Gasteiger partial charge in [-0.3, -0.25) is 4.98 Å². The lowest BCUT2D eigenvalue weighted by Gasteiger charge is -2.20. The molecule has 0 radical (unpaired) electrons. The smallest absolute Gasteiger partial charge is 0.265 e. The Balaban J connectivity index is 1.79. The van der Waals surface area contributed by atoms with Crippen LogP contribution in [0.5, 0.6) is 0 Å². The van der Waals surface area contributed by atoms with E-state index in [0.29, 0.717) is 24.0 Å². The molecule has 4 rings (SSSR count). The summed E-state index contributed by atoms with van der Waals surface area (Å²) in [5, 5.41) is 4.62. The number of rotatable bonds is 4. The van der Waals surface area contributed by atoms with Crippen LogP contribution in [-0.4, -0.2) is 19.3 Å². The fourth-order valence-electron chi connectivity index (χ4n) is 3.65. The minimum atomic E-state index is -0.332. The molecule has 0 unspecified atom stereocenters. The normalized spacial score (nSPS) is 15.3. The highest BCUT2D eigenvalue weighted by Crippen LogP contribution is 2.25. The average Bonchev–Trinajstić information content (AvgIpc) is 3.00. The first-order chi connectivity index (χ1) is 12.7. The number of pyridine rings is 1. The fourth-order valence-corrected chi connectivity index (χ4v) is 3.65. The van der Waals surface area contributed by atoms with Gasteiger partial charge in [0.25, 0.3) is 0 Å². The molecule has 0 amide bonds. The van der Waals surface area contributed by atoms with Gasteiger partial charge in [0.1, 0.15) is 5.82 Å². The molecule has 0 atom stereocenters. The summed E-state index contributed by atoms with van der Waals surface area (Å²) in [5.74, 6) is 0.713. The van der Waals surface area contributed by atoms with E-state index >= 15 is 0 Å². The molecule has 0 saturated heterocycles. The van der Waals surface area contributed by atoms with Crippen molar-refractivity contribution in [1.82, 2.24) is 19.3 Å². The lowest BCUT2D eigenvalue weighted by atomic mass is 9.89. The van der Waals surface area contributed by atoms with Gasteiger partial charge in [-0.2, -0.15) is 0 Å². The monoisotopic (exact) mass is 352 g/mol. The van der Waals surface area contributed by atoms with E-state index in [1.165, 1.54) is 31.4 Å². The van der Waals surface area contributed by atoms with Gasteiger partial charge < -0.3 is 0 Å². The van der Waals surface area contributed by atoms with Gasteiger partial charge in [-0.1, -0.05) is 19.3 Å². The summed E-state index contributed by atoms with van der Waals surface area (Å²) in [4.78, 5) is 17.1. The van der Waals surface area contributed by atoms with Crippen LogP contribution >= 0.6 is 0 Å². The van der Waals surface area contributed by atoms with Crippen LogP contribution < -0.4 is 5.69 Å². The summed E-state index contributed by atoms with van der Waals surface area (Å²) in [6.45, 7) is 0.630. The number of hydrogen-bond acceptors (Lipinski definition) is 3. The van der Waals surface area contributed by atoms with Crippen LogP contribution in [0.3, 0.4) is 0 Å². The van der Waals surface area contributed by atoms with Gasteiger partial charge >= 0.3 is 5.69 Å². The number of benzene rings is 1. The molecule has 0 N–H and O–H groups in total. The molecule has 26 heavy (non-hydrogen) atoms. The van der Waals surface area contributed by atoms with Crippen LogP contribution in [0.4, 0.5) is 4.39 Å². The topological polar surface area (TPSA) is 52.7 Å². The number of halogens is 1. The second kappa shape index (κ2) is 7.23. The van der Waals surface area contributed by atoms with E-state index < -0.39 is 0 Å². The highest BCUT2D eigenvalue weighted by molar-refractivity contribution is 5.57. The van der Waals surface area contributed by atoms with E-state index in [0.717, 1.165) is 18.4 Å². The summed E-state index contributed by atoms with van der Waals surface area (Å²) in [5.41, 5.74) is 1.23. The molecule has 1 aliphatic rings. The highest BCUT2D eigenvalue weighted by atomic mass is 19.1. The molecule has 1 fully saturated rings. The summed E-state index contributed by atoms with van der Waals surface area (Å²) >= 11 is 0. The third-order valence-electron chi connectivity index (χ3n) is 5.02. The fraction of sp³-hybridized carbons (Fsp3) is 0.350. The molecule has 134 valence electrons. The summed E-state index contributed by atoms with van der Waals surface area (Å²) in [7, 11) is 0. The molecule has 0 spiro atoms. The van der Waals surface area contributed by atoms with Crippen molar-refractivity contribution in [3.8, 4) is 17.1 Å². The predicted octanol–water partition coefficient (Wildman–Crippen LogP) is 3.82. The van der Waals surface area contributed by atoms with E-state index in [2.05, 4.69) is 10.1 Å². The minimum Gasteiger partial charge on any atom is -0.265 e. The van der Waals surface area contributed by atoms with Crippen molar-refractivity contribution >= 4 is 0 Å². The molecule has 6 heteroatoms. The molecular weight excluding hydrogens is 331 g/mol. The molecule has 2 heterocycles. The Morgan fingerprint density at radius 3 is 2.38 bits per heavy atom. The van der Waals surface area contributed by atoms with E-state index in [1.807, 2.05) is 12.1 Å². The van der Waals surface area contributed by atoms with Crippen LogP contribution in [0.1, 0.15) is 32.1 Å². The van der Waals surface area contributed by atoms with Crippen molar-refractivity contribution in [2.24, 2.45) is 5.92 Å². The molecule has 0 aliphatic heterocycles. The molecule has 1 aliphatic carbocycles. The first-order valence-electron chi connectivity index (χ1n) is 9.08. The van der Waals surface area contributed by atoms with E-state index in [4.69, 9.17) is 0 Å². The highest BCUT2D eigenvalue weighted by Gasteiger charge is 2.20. The molecule has 3 aromatic rings. The maximum Gasteiger partial charge on any atom is 0.350 e. The Kier molecular flexibility index (Phi) is 4.65. The Morgan fingerprint density at radius 1 is 1.00 bits per heavy atom. The van der Waals surface area contributed by atoms with Crippen molar-refractivity contribution in [3.63, 3.8) is 0 Å². The molecule has 5 nitrogen and oxygen atoms in total. The van der Waals surface area contributed by atoms with Crippen LogP contribution in [0.15, 0.2) is 53.6 Å². The Morgan fingerprint density at radius 2 is 1.69 bits per heavy atom. The van der Waals surface area contributed by atoms with Crippen molar-refractivity contribution in [1.29, 1.82) is 0 Å². The second-order valence-electron chi connectivity index (χ2n) is 6.84. The Labute approximate surface area is 151 Å². The van der Waals surface area contributed by atoms with Crippen molar-refractivity contribution in [2.45, 2.75) is 38.6 Å². The third-order valence-corrected chi connectivity index (χ3v) is 5.02. The van der Waals surface area contributed by atoms with Gasteiger partial charge in [0.05, 0.1) is 5.69 Å². The molecule has 2 aromatic heterocycles. The zero-order valence-corrected chi connectivity index (χ0v) is 14.5. The Hall–Kier alpha value is -2.76. The summed E-state index contributed by atoms with van der Waals surface area (Å²) < 4.78 is 16.4. The lowest BCUT2D eigenvalue weighted by Crippen LogP contribution is -2.27. The molecule has 1 saturated carbocycles. The number of hydrogen-bond donors (Lipinski definition) is 0. The van der Waals surface area contributed by atoms with Crippen molar-refractivity contribution in [2.75, 3.05) is 0 Å². The number of nitrogens with zero attached hydrogens (tertiary/aromatic N) is 4.